The number of hydrogen-bond acceptors (Lipinski definition) is 3. The van der Waals surface area contributed by atoms with Crippen molar-refractivity contribution in [3.63, 3.8) is 0 Å². The Morgan fingerprint density at radius 1 is 1.00 bits per heavy atom. The number of nitrogens with one attached hydrogen (secondary N) is 1. The van der Waals surface area contributed by atoms with Gasteiger partial charge in [-0.3, -0.25) is 19.3 Å². The molecule has 0 fully saturated rings. The van der Waals surface area contributed by atoms with E-state index in [1.54, 1.807) is 30.3 Å². The molecule has 0 saturated heterocycles. The Morgan fingerprint density at radius 2 is 1.67 bits per heavy atom. The van der Waals surface area contributed by atoms with Gasteiger partial charge in [-0.1, -0.05) is 31.9 Å². The normalized spacial score (nSPS) is 13.2. The van der Waals surface area contributed by atoms with Gasteiger partial charge in [-0.25, -0.2) is 0 Å². The van der Waals surface area contributed by atoms with Crippen molar-refractivity contribution in [2.75, 3.05) is 16.8 Å². The van der Waals surface area contributed by atoms with E-state index in [-0.39, 0.29) is 6.54 Å². The molecule has 8 heteroatoms. The quantitative estimate of drug-likeness (QED) is 0.624. The number of ketones is 1. The Morgan fingerprint density at radius 3 is 2.42 bits per heavy atom. The number of carbonyl (C=O) groups is 3. The summed E-state index contributed by atoms with van der Waals surface area (Å²) in [6.45, 7) is -0.238. The van der Waals surface area contributed by atoms with Crippen LogP contribution in [0.5, 0.6) is 0 Å². The summed E-state index contributed by atoms with van der Waals surface area (Å²) >= 11 is 9.96. The topological polar surface area (TPSA) is 66.5 Å². The monoisotopic (exact) mass is 514 g/mol. The molecule has 0 radical (unpaired) electrons. The standard InChI is InChI=1S/C16H9Br3N2O3/c17-8-2-4-13-10(5-8)15(23)16(24)21(13)7-14(22)20-12-6-9(18)1-3-11(12)19/h1-6H,7H2,(H,20,22). The lowest BCUT2D eigenvalue weighted by atomic mass is 10.1. The number of benzene rings is 2. The highest BCUT2D eigenvalue weighted by atomic mass is 79.9. The van der Waals surface area contributed by atoms with Crippen LogP contribution in [0.25, 0.3) is 0 Å². The number of halogens is 3. The number of anilines is 2. The molecule has 24 heavy (non-hydrogen) atoms. The van der Waals surface area contributed by atoms with Gasteiger partial charge in [0.05, 0.1) is 16.9 Å². The summed E-state index contributed by atoms with van der Waals surface area (Å²) in [5.41, 5.74) is 1.31. The van der Waals surface area contributed by atoms with Crippen molar-refractivity contribution in [3.8, 4) is 0 Å². The molecule has 1 heterocycles. The van der Waals surface area contributed by atoms with Gasteiger partial charge in [0.1, 0.15) is 6.54 Å². The second kappa shape index (κ2) is 6.78. The van der Waals surface area contributed by atoms with Gasteiger partial charge in [0.25, 0.3) is 11.7 Å². The minimum absolute atomic E-state index is 0.238. The number of Topliss-reactive ketones (excluding diaryl/α,β-unsaturated/α-hetero) is 1. The van der Waals surface area contributed by atoms with Gasteiger partial charge >= 0.3 is 0 Å². The molecular formula is C16H9Br3N2O3. The third kappa shape index (κ3) is 3.31. The van der Waals surface area contributed by atoms with Gasteiger partial charge in [-0.15, -0.1) is 0 Å². The van der Waals surface area contributed by atoms with E-state index < -0.39 is 17.6 Å². The number of carbonyl (C=O) groups excluding carboxylic acids is 3. The van der Waals surface area contributed by atoms with E-state index in [0.717, 1.165) is 4.47 Å². The summed E-state index contributed by atoms with van der Waals surface area (Å²) in [4.78, 5) is 37.7. The molecule has 5 nitrogen and oxygen atoms in total. The number of fused-ring (bicyclic) bond motifs is 1. The van der Waals surface area contributed by atoms with E-state index in [2.05, 4.69) is 53.1 Å². The van der Waals surface area contributed by atoms with Gasteiger partial charge in [0.15, 0.2) is 0 Å². The predicted octanol–water partition coefficient (Wildman–Crippen LogP) is 4.14. The summed E-state index contributed by atoms with van der Waals surface area (Å²) in [5.74, 6) is -1.71. The van der Waals surface area contributed by atoms with Crippen molar-refractivity contribution in [3.05, 3.63) is 55.4 Å². The van der Waals surface area contributed by atoms with Gasteiger partial charge in [-0.2, -0.15) is 0 Å². The number of amides is 2. The van der Waals surface area contributed by atoms with Crippen LogP contribution in [-0.4, -0.2) is 24.1 Å². The summed E-state index contributed by atoms with van der Waals surface area (Å²) in [5, 5.41) is 2.73. The second-order valence-corrected chi connectivity index (χ2v) is 7.74. The smallest absolute Gasteiger partial charge is 0.299 e. The van der Waals surface area contributed by atoms with Crippen molar-refractivity contribution in [2.24, 2.45) is 0 Å². The molecule has 0 aromatic heterocycles. The minimum atomic E-state index is -0.702. The zero-order valence-electron chi connectivity index (χ0n) is 12.0. The summed E-state index contributed by atoms with van der Waals surface area (Å²) < 4.78 is 2.22. The summed E-state index contributed by atoms with van der Waals surface area (Å²) in [6, 6.07) is 10.3. The number of rotatable bonds is 3. The Hall–Kier alpha value is -1.51. The van der Waals surface area contributed by atoms with E-state index in [0.29, 0.717) is 25.9 Å². The average Bonchev–Trinajstić information content (AvgIpc) is 2.76. The van der Waals surface area contributed by atoms with Crippen molar-refractivity contribution < 1.29 is 14.4 Å². The number of hydrogen-bond donors (Lipinski definition) is 1. The van der Waals surface area contributed by atoms with Crippen molar-refractivity contribution in [2.45, 2.75) is 0 Å². The molecule has 3 rings (SSSR count). The highest BCUT2D eigenvalue weighted by Gasteiger charge is 2.36. The predicted molar refractivity (Wildman–Crippen MR) is 101 cm³/mol. The maximum atomic E-state index is 12.3. The molecule has 0 saturated carbocycles. The molecule has 0 spiro atoms. The molecule has 122 valence electrons. The van der Waals surface area contributed by atoms with Gasteiger partial charge in [-0.05, 0) is 52.3 Å². The lowest BCUT2D eigenvalue weighted by molar-refractivity contribution is -0.118. The first kappa shape index (κ1) is 17.3. The van der Waals surface area contributed by atoms with Gasteiger partial charge in [0.2, 0.25) is 5.91 Å². The lowest BCUT2D eigenvalue weighted by Crippen LogP contribution is -2.37. The van der Waals surface area contributed by atoms with E-state index in [1.165, 1.54) is 4.90 Å². The van der Waals surface area contributed by atoms with Crippen molar-refractivity contribution in [1.29, 1.82) is 0 Å². The van der Waals surface area contributed by atoms with Crippen LogP contribution >= 0.6 is 47.8 Å². The molecule has 0 atom stereocenters. The Kier molecular flexibility index (Phi) is 4.89. The molecule has 1 aliphatic rings. The van der Waals surface area contributed by atoms with Gasteiger partial charge in [0, 0.05) is 13.4 Å². The van der Waals surface area contributed by atoms with Crippen LogP contribution in [0.4, 0.5) is 11.4 Å². The van der Waals surface area contributed by atoms with Crippen LogP contribution in [0.3, 0.4) is 0 Å². The zero-order chi connectivity index (χ0) is 17.4. The fourth-order valence-corrected chi connectivity index (χ4v) is 3.42. The minimum Gasteiger partial charge on any atom is -0.323 e. The second-order valence-electron chi connectivity index (χ2n) is 5.05. The van der Waals surface area contributed by atoms with Crippen molar-refractivity contribution in [1.82, 2.24) is 0 Å². The van der Waals surface area contributed by atoms with Crippen LogP contribution in [0.1, 0.15) is 10.4 Å². The molecule has 1 aliphatic heterocycles. The number of nitrogens with zero attached hydrogens (tertiary/aromatic N) is 1. The van der Waals surface area contributed by atoms with E-state index in [4.69, 9.17) is 0 Å². The third-order valence-corrected chi connectivity index (χ3v) is 5.12. The maximum Gasteiger partial charge on any atom is 0.299 e. The first-order valence-corrected chi connectivity index (χ1v) is 9.15. The zero-order valence-corrected chi connectivity index (χ0v) is 16.7. The molecule has 0 unspecified atom stereocenters. The van der Waals surface area contributed by atoms with Crippen LogP contribution in [0.15, 0.2) is 49.8 Å². The van der Waals surface area contributed by atoms with Crippen LogP contribution in [0, 0.1) is 0 Å². The fraction of sp³-hybridized carbons (Fsp3) is 0.0625. The van der Waals surface area contributed by atoms with Crippen molar-refractivity contribution >= 4 is 76.8 Å². The highest BCUT2D eigenvalue weighted by molar-refractivity contribution is 9.11. The van der Waals surface area contributed by atoms with E-state index in [1.807, 2.05) is 6.07 Å². The van der Waals surface area contributed by atoms with Crippen LogP contribution < -0.4 is 10.2 Å². The highest BCUT2D eigenvalue weighted by Crippen LogP contribution is 2.31. The Labute approximate surface area is 162 Å². The largest absolute Gasteiger partial charge is 0.323 e. The molecule has 2 amide bonds. The average molecular weight is 517 g/mol. The molecular weight excluding hydrogens is 508 g/mol. The molecule has 2 aromatic carbocycles. The first-order chi connectivity index (χ1) is 11.4. The summed E-state index contributed by atoms with van der Waals surface area (Å²) in [7, 11) is 0. The summed E-state index contributed by atoms with van der Waals surface area (Å²) in [6.07, 6.45) is 0. The Balaban J connectivity index is 1.81. The lowest BCUT2D eigenvalue weighted by Gasteiger charge is -2.16. The third-order valence-electron chi connectivity index (χ3n) is 3.44. The molecule has 0 aliphatic carbocycles. The Bertz CT molecular complexity index is 883. The molecule has 2 aromatic rings. The van der Waals surface area contributed by atoms with E-state index in [9.17, 15) is 14.4 Å². The first-order valence-electron chi connectivity index (χ1n) is 6.77. The molecule has 1 N–H and O–H groups in total. The maximum absolute atomic E-state index is 12.3. The van der Waals surface area contributed by atoms with Crippen LogP contribution in [-0.2, 0) is 9.59 Å². The van der Waals surface area contributed by atoms with Gasteiger partial charge < -0.3 is 5.32 Å². The fourth-order valence-electron chi connectivity index (χ4n) is 2.36. The van der Waals surface area contributed by atoms with Crippen LogP contribution in [0.2, 0.25) is 0 Å². The SMILES string of the molecule is O=C(CN1C(=O)C(=O)c2cc(Br)ccc21)Nc1cc(Br)ccc1Br. The molecule has 0 bridgehead atoms. The van der Waals surface area contributed by atoms with E-state index >= 15 is 0 Å².